The lowest BCUT2D eigenvalue weighted by Gasteiger charge is -2.38. The Morgan fingerprint density at radius 1 is 1.06 bits per heavy atom. The number of ether oxygens (including phenoxy) is 2. The maximum atomic E-state index is 13.2. The molecule has 0 heterocycles. The molecule has 1 rings (SSSR count). The van der Waals surface area contributed by atoms with E-state index in [9.17, 15) is 19.2 Å². The number of esters is 1. The van der Waals surface area contributed by atoms with Gasteiger partial charge < -0.3 is 15.2 Å². The largest absolute Gasteiger partial charge is 0.479 e. The molecular weight excluding hydrogens is 414 g/mol. The van der Waals surface area contributed by atoms with E-state index in [1.54, 1.807) is 13.8 Å². The molecule has 9 heteroatoms. The highest BCUT2D eigenvalue weighted by Gasteiger charge is 2.43. The van der Waals surface area contributed by atoms with Crippen molar-refractivity contribution in [3.63, 3.8) is 0 Å². The summed E-state index contributed by atoms with van der Waals surface area (Å²) in [7, 11) is 0. The second kappa shape index (κ2) is 12.6. The Kier molecular flexibility index (Phi) is 10.8. The molecule has 0 aromatic carbocycles. The van der Waals surface area contributed by atoms with Gasteiger partial charge in [0.15, 0.2) is 0 Å². The van der Waals surface area contributed by atoms with Gasteiger partial charge in [-0.25, -0.2) is 10.2 Å². The van der Waals surface area contributed by atoms with E-state index in [0.29, 0.717) is 11.8 Å². The van der Waals surface area contributed by atoms with Crippen molar-refractivity contribution in [1.29, 1.82) is 0 Å². The van der Waals surface area contributed by atoms with Crippen LogP contribution >= 0.6 is 0 Å². The normalized spacial score (nSPS) is 24.2. The Labute approximate surface area is 190 Å². The Hall–Kier alpha value is -2.45. The summed E-state index contributed by atoms with van der Waals surface area (Å²) in [6.45, 7) is 12.4. The summed E-state index contributed by atoms with van der Waals surface area (Å²) < 4.78 is 11.4. The summed E-state index contributed by atoms with van der Waals surface area (Å²) in [5, 5.41) is 3.80. The minimum Gasteiger partial charge on any atom is -0.479 e. The molecule has 3 N–H and O–H groups in total. The highest BCUT2D eigenvalue weighted by atomic mass is 16.5. The Morgan fingerprint density at radius 2 is 1.66 bits per heavy atom. The molecule has 0 spiro atoms. The number of nitrogens with zero attached hydrogens (tertiary/aromatic N) is 1. The number of primary amides is 1. The van der Waals surface area contributed by atoms with Gasteiger partial charge in [-0.3, -0.25) is 14.4 Å². The molecule has 0 aliphatic heterocycles. The number of carbonyl (C=O) groups is 4. The first-order valence-corrected chi connectivity index (χ1v) is 11.4. The lowest BCUT2D eigenvalue weighted by molar-refractivity contribution is -0.165. The van der Waals surface area contributed by atoms with E-state index in [4.69, 9.17) is 15.2 Å². The summed E-state index contributed by atoms with van der Waals surface area (Å²) in [6, 6.07) is -0.925. The number of ketones is 2. The van der Waals surface area contributed by atoms with Gasteiger partial charge in [0.25, 0.3) is 0 Å². The first-order valence-electron chi connectivity index (χ1n) is 11.4. The molecule has 1 aliphatic carbocycles. The highest BCUT2D eigenvalue weighted by Crippen LogP contribution is 2.36. The van der Waals surface area contributed by atoms with Crippen LogP contribution in [-0.4, -0.2) is 42.2 Å². The molecule has 0 radical (unpaired) electrons. The van der Waals surface area contributed by atoms with Gasteiger partial charge in [0.1, 0.15) is 23.6 Å². The van der Waals surface area contributed by atoms with Crippen molar-refractivity contribution < 1.29 is 28.7 Å². The molecule has 1 aliphatic rings. The number of rotatable bonds is 10. The lowest BCUT2D eigenvalue weighted by atomic mass is 9.75. The topological polar surface area (TPSA) is 137 Å². The van der Waals surface area contributed by atoms with Crippen molar-refractivity contribution in [1.82, 2.24) is 5.43 Å². The highest BCUT2D eigenvalue weighted by molar-refractivity contribution is 6.04. The quantitative estimate of drug-likeness (QED) is 0.171. The van der Waals surface area contributed by atoms with E-state index in [1.165, 1.54) is 13.8 Å². The van der Waals surface area contributed by atoms with Crippen molar-refractivity contribution in [2.24, 2.45) is 46.3 Å². The molecular formula is C23H39N3O6. The van der Waals surface area contributed by atoms with Crippen LogP contribution in [0.1, 0.15) is 67.7 Å². The predicted octanol–water partition coefficient (Wildman–Crippen LogP) is 3.06. The van der Waals surface area contributed by atoms with Gasteiger partial charge >= 0.3 is 12.0 Å². The van der Waals surface area contributed by atoms with Crippen LogP contribution in [0.5, 0.6) is 0 Å². The van der Waals surface area contributed by atoms with Crippen LogP contribution in [0.4, 0.5) is 4.79 Å². The van der Waals surface area contributed by atoms with Crippen LogP contribution in [-0.2, 0) is 23.9 Å². The third-order valence-corrected chi connectivity index (χ3v) is 6.24. The fourth-order valence-electron chi connectivity index (χ4n) is 4.63. The molecule has 2 amide bonds. The average molecular weight is 454 g/mol. The maximum Gasteiger partial charge on any atom is 0.332 e. The lowest BCUT2D eigenvalue weighted by Crippen LogP contribution is -2.44. The van der Waals surface area contributed by atoms with E-state index in [2.05, 4.69) is 31.3 Å². The molecule has 9 nitrogen and oxygen atoms in total. The molecule has 1 fully saturated rings. The number of nitrogens with two attached hydrogens (primary N) is 1. The zero-order valence-electron chi connectivity index (χ0n) is 20.3. The molecule has 6 atom stereocenters. The molecule has 182 valence electrons. The second-order valence-electron chi connectivity index (χ2n) is 9.20. The average Bonchev–Trinajstić information content (AvgIpc) is 2.65. The van der Waals surface area contributed by atoms with Crippen molar-refractivity contribution in [2.75, 3.05) is 6.61 Å². The van der Waals surface area contributed by atoms with E-state index in [-0.39, 0.29) is 30.3 Å². The summed E-state index contributed by atoms with van der Waals surface area (Å²) >= 11 is 0. The van der Waals surface area contributed by atoms with Crippen LogP contribution in [0.2, 0.25) is 0 Å². The summed E-state index contributed by atoms with van der Waals surface area (Å²) in [6.07, 6.45) is 2.52. The van der Waals surface area contributed by atoms with E-state index in [1.807, 2.05) is 0 Å². The summed E-state index contributed by atoms with van der Waals surface area (Å²) in [5.41, 5.74) is 7.13. The fourth-order valence-corrected chi connectivity index (χ4v) is 4.63. The number of urea groups is 1. The molecule has 32 heavy (non-hydrogen) atoms. The summed E-state index contributed by atoms with van der Waals surface area (Å²) in [4.78, 5) is 49.3. The minimum absolute atomic E-state index is 0.100. The van der Waals surface area contributed by atoms with E-state index in [0.717, 1.165) is 19.3 Å². The van der Waals surface area contributed by atoms with Gasteiger partial charge in [-0.15, -0.1) is 5.10 Å². The first-order chi connectivity index (χ1) is 14.9. The van der Waals surface area contributed by atoms with Crippen molar-refractivity contribution in [3.05, 3.63) is 0 Å². The van der Waals surface area contributed by atoms with Gasteiger partial charge in [0.2, 0.25) is 5.90 Å². The van der Waals surface area contributed by atoms with Crippen LogP contribution in [0.25, 0.3) is 0 Å². The third-order valence-electron chi connectivity index (χ3n) is 6.24. The number of amides is 2. The number of hydrogen-bond acceptors (Lipinski definition) is 7. The van der Waals surface area contributed by atoms with E-state index >= 15 is 0 Å². The minimum atomic E-state index is -1.17. The Bertz CT molecular complexity index is 721. The smallest absolute Gasteiger partial charge is 0.332 e. The van der Waals surface area contributed by atoms with E-state index < -0.39 is 35.5 Å². The van der Waals surface area contributed by atoms with Gasteiger partial charge in [0.05, 0.1) is 12.5 Å². The molecule has 0 aromatic heterocycles. The van der Waals surface area contributed by atoms with Crippen molar-refractivity contribution in [2.45, 2.75) is 73.8 Å². The predicted molar refractivity (Wildman–Crippen MR) is 121 cm³/mol. The van der Waals surface area contributed by atoms with Crippen LogP contribution < -0.4 is 11.2 Å². The number of carbonyl (C=O) groups excluding carboxylic acids is 4. The first kappa shape index (κ1) is 27.6. The zero-order chi connectivity index (χ0) is 24.6. The molecule has 1 saturated carbocycles. The SMILES string of the molecule is CCOC(=NNC(N)=O)[C@H](C(C)=O)[C@H](C)[C@@H](C(C)=O)C(=O)O[C@@H]1C[C@H](C)CC[C@@H]1C(C)C. The molecule has 0 saturated heterocycles. The standard InChI is InChI=1S/C23H39N3O6/c1-8-31-21(25-26-23(24)30)19(15(6)27)14(5)20(16(7)28)22(29)32-18-11-13(4)9-10-17(18)12(2)3/h12-14,17-20H,8-11H2,1-7H3,(H3,24,26,30)/t13-,14+,17-,18-,19+,20+/m1/s1. The van der Waals surface area contributed by atoms with Gasteiger partial charge in [-0.05, 0) is 57.3 Å². The van der Waals surface area contributed by atoms with Crippen LogP contribution in [0.15, 0.2) is 5.10 Å². The molecule has 0 bridgehead atoms. The fraction of sp³-hybridized carbons (Fsp3) is 0.783. The molecule has 0 unspecified atom stereocenters. The Morgan fingerprint density at radius 3 is 2.12 bits per heavy atom. The summed E-state index contributed by atoms with van der Waals surface area (Å²) in [5.74, 6) is -3.51. The van der Waals surface area contributed by atoms with Crippen LogP contribution in [0.3, 0.4) is 0 Å². The Balaban J connectivity index is 3.21. The van der Waals surface area contributed by atoms with Gasteiger partial charge in [-0.2, -0.15) is 0 Å². The number of Topliss-reactive ketones (excluding diaryl/α,β-unsaturated/α-hetero) is 2. The maximum absolute atomic E-state index is 13.2. The van der Waals surface area contributed by atoms with Crippen LogP contribution in [0, 0.1) is 35.5 Å². The number of hydrazone groups is 1. The molecule has 0 aromatic rings. The monoisotopic (exact) mass is 453 g/mol. The van der Waals surface area contributed by atoms with Gasteiger partial charge in [0, 0.05) is 0 Å². The number of hydrogen-bond donors (Lipinski definition) is 2. The van der Waals surface area contributed by atoms with Crippen molar-refractivity contribution in [3.8, 4) is 0 Å². The third kappa shape index (κ3) is 7.60. The van der Waals surface area contributed by atoms with Gasteiger partial charge in [-0.1, -0.05) is 34.1 Å². The number of nitrogens with one attached hydrogen (secondary N) is 1. The zero-order valence-corrected chi connectivity index (χ0v) is 20.3. The van der Waals surface area contributed by atoms with Crippen molar-refractivity contribution >= 4 is 29.5 Å². The second-order valence-corrected chi connectivity index (χ2v) is 9.20.